The average Bonchev–Trinajstić information content (AvgIpc) is 2.96. The molecule has 212 valence electrons. The number of aldehydes is 1. The van der Waals surface area contributed by atoms with Crippen LogP contribution < -0.4 is 24.3 Å². The molecule has 0 saturated carbocycles. The Kier molecular flexibility index (Phi) is 10.6. The number of carbonyl (C=O) groups excluding carboxylic acids is 2. The third-order valence-electron chi connectivity index (χ3n) is 6.27. The summed E-state index contributed by atoms with van der Waals surface area (Å²) in [5, 5.41) is 3.02. The van der Waals surface area contributed by atoms with Gasteiger partial charge in [-0.3, -0.25) is 4.79 Å². The monoisotopic (exact) mass is 566 g/mol. The van der Waals surface area contributed by atoms with Crippen molar-refractivity contribution >= 4 is 29.5 Å². The molecule has 10 heteroatoms. The zero-order valence-electron chi connectivity index (χ0n) is 23.4. The maximum atomic E-state index is 12.3. The van der Waals surface area contributed by atoms with Crippen molar-refractivity contribution in [3.63, 3.8) is 0 Å². The third kappa shape index (κ3) is 7.13. The van der Waals surface area contributed by atoms with Gasteiger partial charge in [0.1, 0.15) is 34.0 Å². The molecule has 3 rings (SSSR count). The summed E-state index contributed by atoms with van der Waals surface area (Å²) in [7, 11) is 4.68. The largest absolute Gasteiger partial charge is 0.496 e. The number of hydrogen-bond donors (Lipinski definition) is 1. The fourth-order valence-corrected chi connectivity index (χ4v) is 4.71. The molecule has 0 bridgehead atoms. The Morgan fingerprint density at radius 1 is 0.975 bits per heavy atom. The molecule has 0 unspecified atom stereocenters. The Labute approximate surface area is 239 Å². The van der Waals surface area contributed by atoms with Crippen molar-refractivity contribution in [2.75, 3.05) is 27.9 Å². The zero-order chi connectivity index (χ0) is 29.3. The van der Waals surface area contributed by atoms with E-state index in [-0.39, 0.29) is 34.7 Å². The molecular weight excluding hydrogens is 532 g/mol. The van der Waals surface area contributed by atoms with Crippen LogP contribution in [0.25, 0.3) is 0 Å². The molecule has 1 N–H and O–H groups in total. The summed E-state index contributed by atoms with van der Waals surface area (Å²) in [6, 6.07) is 17.0. The van der Waals surface area contributed by atoms with Crippen LogP contribution in [0.2, 0.25) is 0 Å². The first-order valence-corrected chi connectivity index (χ1v) is 13.0. The summed E-state index contributed by atoms with van der Waals surface area (Å²) >= 11 is 5.57. The number of aromatic nitrogens is 1. The highest BCUT2D eigenvalue weighted by atomic mass is 32.1. The highest BCUT2D eigenvalue weighted by molar-refractivity contribution is 7.80. The summed E-state index contributed by atoms with van der Waals surface area (Å²) in [6.45, 7) is 4.81. The first-order chi connectivity index (χ1) is 19.2. The SMILES string of the molecule is COc1ccccc1C(c1ccccc1OC)[C@H](C)OC[C@](C)(C=O)NC(=S)c1nccc(OC)c1OC(C)=O. The summed E-state index contributed by atoms with van der Waals surface area (Å²) in [6.07, 6.45) is 1.77. The smallest absolute Gasteiger partial charge is 0.308 e. The maximum absolute atomic E-state index is 12.3. The van der Waals surface area contributed by atoms with Crippen molar-refractivity contribution in [3.05, 3.63) is 77.6 Å². The van der Waals surface area contributed by atoms with E-state index in [0.29, 0.717) is 11.5 Å². The summed E-state index contributed by atoms with van der Waals surface area (Å²) in [4.78, 5) is 28.4. The highest BCUT2D eigenvalue weighted by Crippen LogP contribution is 2.39. The summed E-state index contributed by atoms with van der Waals surface area (Å²) < 4.78 is 28.3. The van der Waals surface area contributed by atoms with E-state index in [2.05, 4.69) is 10.3 Å². The van der Waals surface area contributed by atoms with Crippen molar-refractivity contribution in [1.29, 1.82) is 0 Å². The van der Waals surface area contributed by atoms with Gasteiger partial charge in [-0.2, -0.15) is 0 Å². The Balaban J connectivity index is 1.89. The van der Waals surface area contributed by atoms with Crippen LogP contribution in [0.3, 0.4) is 0 Å². The lowest BCUT2D eigenvalue weighted by Crippen LogP contribution is -2.51. The van der Waals surface area contributed by atoms with Crippen LogP contribution in [0.15, 0.2) is 60.8 Å². The normalized spacial score (nSPS) is 13.1. The van der Waals surface area contributed by atoms with E-state index in [0.717, 1.165) is 17.4 Å². The Bertz CT molecular complexity index is 1300. The first kappa shape index (κ1) is 30.5. The van der Waals surface area contributed by atoms with E-state index in [1.54, 1.807) is 27.2 Å². The van der Waals surface area contributed by atoms with Crippen molar-refractivity contribution in [1.82, 2.24) is 10.3 Å². The maximum Gasteiger partial charge on any atom is 0.308 e. The van der Waals surface area contributed by atoms with E-state index in [1.165, 1.54) is 20.2 Å². The number of nitrogens with one attached hydrogen (secondary N) is 1. The van der Waals surface area contributed by atoms with Gasteiger partial charge in [-0.25, -0.2) is 4.98 Å². The molecule has 40 heavy (non-hydrogen) atoms. The van der Waals surface area contributed by atoms with Crippen LogP contribution in [-0.4, -0.2) is 61.8 Å². The van der Waals surface area contributed by atoms with Crippen LogP contribution >= 0.6 is 12.2 Å². The first-order valence-electron chi connectivity index (χ1n) is 12.6. The van der Waals surface area contributed by atoms with Crippen molar-refractivity contribution in [2.24, 2.45) is 0 Å². The number of methoxy groups -OCH3 is 3. The van der Waals surface area contributed by atoms with Crippen molar-refractivity contribution in [3.8, 4) is 23.0 Å². The van der Waals surface area contributed by atoms with Crippen LogP contribution in [0.5, 0.6) is 23.0 Å². The molecule has 3 aromatic rings. The summed E-state index contributed by atoms with van der Waals surface area (Å²) in [5.74, 6) is 0.889. The zero-order valence-corrected chi connectivity index (χ0v) is 24.2. The number of nitrogens with zero attached hydrogens (tertiary/aromatic N) is 1. The van der Waals surface area contributed by atoms with Crippen LogP contribution in [0, 0.1) is 0 Å². The second-order valence-corrected chi connectivity index (χ2v) is 9.66. The van der Waals surface area contributed by atoms with Crippen LogP contribution in [0.1, 0.15) is 43.5 Å². The van der Waals surface area contributed by atoms with Gasteiger partial charge in [0.05, 0.1) is 34.0 Å². The fourth-order valence-electron chi connectivity index (χ4n) is 4.33. The molecule has 0 saturated heterocycles. The van der Waals surface area contributed by atoms with Gasteiger partial charge in [0.25, 0.3) is 0 Å². The molecule has 2 aromatic carbocycles. The van der Waals surface area contributed by atoms with E-state index in [9.17, 15) is 9.59 Å². The number of carbonyl (C=O) groups is 2. The van der Waals surface area contributed by atoms with Gasteiger partial charge in [0.15, 0.2) is 5.75 Å². The van der Waals surface area contributed by atoms with E-state index >= 15 is 0 Å². The Morgan fingerprint density at radius 3 is 2.02 bits per heavy atom. The number of benzene rings is 2. The topological polar surface area (TPSA) is 105 Å². The molecule has 0 fully saturated rings. The molecule has 9 nitrogen and oxygen atoms in total. The lowest BCUT2D eigenvalue weighted by atomic mass is 9.85. The minimum atomic E-state index is -1.24. The van der Waals surface area contributed by atoms with Crippen molar-refractivity contribution in [2.45, 2.75) is 38.3 Å². The van der Waals surface area contributed by atoms with E-state index < -0.39 is 17.6 Å². The molecular formula is C30H34N2O7S. The molecule has 1 aromatic heterocycles. The quantitative estimate of drug-likeness (QED) is 0.181. The van der Waals surface area contributed by atoms with Gasteiger partial charge in [-0.1, -0.05) is 48.6 Å². The van der Waals surface area contributed by atoms with E-state index in [4.69, 9.17) is 35.9 Å². The minimum Gasteiger partial charge on any atom is -0.496 e. The number of pyridine rings is 1. The third-order valence-corrected chi connectivity index (χ3v) is 6.57. The molecule has 0 amide bonds. The minimum absolute atomic E-state index is 0.0362. The standard InChI is InChI=1S/C30H34N2O7S/c1-19(26(21-11-7-9-13-23(21)35-4)22-12-8-10-14-24(22)36-5)38-18-30(3,17-33)32-29(40)27-28(39-20(2)34)25(37-6)15-16-31-27/h7-17,19,26H,18H2,1-6H3,(H,32,40)/t19-,30-/m0/s1. The molecule has 0 radical (unpaired) electrons. The lowest BCUT2D eigenvalue weighted by Gasteiger charge is -2.32. The Morgan fingerprint density at radius 2 is 1.52 bits per heavy atom. The molecule has 0 aliphatic heterocycles. The number of para-hydroxylation sites is 2. The second-order valence-electron chi connectivity index (χ2n) is 9.25. The number of ether oxygens (including phenoxy) is 5. The van der Waals surface area contributed by atoms with Gasteiger partial charge < -0.3 is 33.8 Å². The molecule has 0 aliphatic carbocycles. The number of rotatable bonds is 13. The van der Waals surface area contributed by atoms with Gasteiger partial charge in [-0.05, 0) is 26.0 Å². The van der Waals surface area contributed by atoms with Crippen LogP contribution in [0.4, 0.5) is 0 Å². The summed E-state index contributed by atoms with van der Waals surface area (Å²) in [5.41, 5.74) is 0.733. The number of hydrogen-bond acceptors (Lipinski definition) is 9. The van der Waals surface area contributed by atoms with Crippen molar-refractivity contribution < 1.29 is 33.3 Å². The van der Waals surface area contributed by atoms with Gasteiger partial charge in [0.2, 0.25) is 5.75 Å². The highest BCUT2D eigenvalue weighted by Gasteiger charge is 2.32. The average molecular weight is 567 g/mol. The number of thiocarbonyl (C=S) groups is 1. The molecule has 0 spiro atoms. The lowest BCUT2D eigenvalue weighted by molar-refractivity contribution is -0.132. The number of esters is 1. The fraction of sp³-hybridized carbons (Fsp3) is 0.333. The Hall–Kier alpha value is -4.02. The van der Waals surface area contributed by atoms with Crippen LogP contribution in [-0.2, 0) is 14.3 Å². The van der Waals surface area contributed by atoms with Gasteiger partial charge in [-0.15, -0.1) is 0 Å². The molecule has 1 heterocycles. The molecule has 0 aliphatic rings. The molecule has 2 atom stereocenters. The second kappa shape index (κ2) is 13.9. The van der Waals surface area contributed by atoms with Gasteiger partial charge in [0, 0.05) is 36.2 Å². The predicted octanol–water partition coefficient (Wildman–Crippen LogP) is 4.49. The predicted molar refractivity (Wildman–Crippen MR) is 155 cm³/mol. The van der Waals surface area contributed by atoms with Gasteiger partial charge >= 0.3 is 5.97 Å². The van der Waals surface area contributed by atoms with E-state index in [1.807, 2.05) is 55.5 Å².